The van der Waals surface area contributed by atoms with Crippen molar-refractivity contribution in [3.63, 3.8) is 0 Å². The Morgan fingerprint density at radius 1 is 1.21 bits per heavy atom. The van der Waals surface area contributed by atoms with E-state index in [0.29, 0.717) is 17.1 Å². The Labute approximate surface area is 228 Å². The van der Waals surface area contributed by atoms with Crippen molar-refractivity contribution in [2.24, 2.45) is 5.14 Å². The van der Waals surface area contributed by atoms with Crippen LogP contribution in [0.5, 0.6) is 11.5 Å². The summed E-state index contributed by atoms with van der Waals surface area (Å²) >= 11 is 1.61. The van der Waals surface area contributed by atoms with E-state index >= 15 is 0 Å². The molecule has 0 aliphatic carbocycles. The highest BCUT2D eigenvalue weighted by Crippen LogP contribution is 2.32. The molecule has 1 saturated heterocycles. The topological polar surface area (TPSA) is 139 Å². The van der Waals surface area contributed by atoms with Crippen molar-refractivity contribution in [3.8, 4) is 11.5 Å². The number of aliphatic hydroxyl groups is 1. The average molecular weight is 566 g/mol. The van der Waals surface area contributed by atoms with Crippen molar-refractivity contribution in [2.45, 2.75) is 68.2 Å². The fourth-order valence-electron chi connectivity index (χ4n) is 4.16. The zero-order valence-corrected chi connectivity index (χ0v) is 24.1. The number of aliphatic hydroxyl groups excluding tert-OH is 1. The zero-order valence-electron chi connectivity index (χ0n) is 22.4. The van der Waals surface area contributed by atoms with Gasteiger partial charge in [-0.3, -0.25) is 9.69 Å². The Bertz CT molecular complexity index is 1310. The minimum Gasteiger partial charge on any atom is -0.457 e. The molecule has 38 heavy (non-hydrogen) atoms. The Morgan fingerprint density at radius 3 is 2.47 bits per heavy atom. The summed E-state index contributed by atoms with van der Waals surface area (Å²) in [6, 6.07) is 8.89. The Balaban J connectivity index is 1.88. The zero-order chi connectivity index (χ0) is 28.4. The summed E-state index contributed by atoms with van der Waals surface area (Å²) in [4.78, 5) is 29.7. The highest BCUT2D eigenvalue weighted by Gasteiger charge is 2.42. The second kappa shape index (κ2) is 11.5. The summed E-state index contributed by atoms with van der Waals surface area (Å²) in [5, 5.41) is 15.6. The van der Waals surface area contributed by atoms with Gasteiger partial charge in [0.2, 0.25) is 15.9 Å². The molecule has 1 aliphatic heterocycles. The molecule has 1 aliphatic rings. The number of sulfonamides is 1. The summed E-state index contributed by atoms with van der Waals surface area (Å²) in [6.07, 6.45) is 0.476. The fraction of sp³-hybridized carbons (Fsp3) is 0.462. The van der Waals surface area contributed by atoms with E-state index in [0.717, 1.165) is 10.5 Å². The molecule has 0 radical (unpaired) electrons. The molecule has 2 amide bonds. The number of rotatable bonds is 7. The van der Waals surface area contributed by atoms with Gasteiger partial charge in [0.15, 0.2) is 0 Å². The van der Waals surface area contributed by atoms with Crippen molar-refractivity contribution < 1.29 is 32.6 Å². The van der Waals surface area contributed by atoms with Gasteiger partial charge in [-0.05, 0) is 75.9 Å². The molecule has 208 valence electrons. The predicted molar refractivity (Wildman–Crippen MR) is 145 cm³/mol. The number of hydrogen-bond donors (Lipinski definition) is 2. The quantitative estimate of drug-likeness (QED) is 0.487. The van der Waals surface area contributed by atoms with E-state index in [1.807, 2.05) is 31.4 Å². The van der Waals surface area contributed by atoms with Crippen molar-refractivity contribution in [2.75, 3.05) is 19.8 Å². The number of benzene rings is 2. The summed E-state index contributed by atoms with van der Waals surface area (Å²) < 4.78 is 35.6. The van der Waals surface area contributed by atoms with Crippen LogP contribution in [0, 0.1) is 6.92 Å². The van der Waals surface area contributed by atoms with Crippen molar-refractivity contribution in [1.82, 2.24) is 9.80 Å². The lowest BCUT2D eigenvalue weighted by Gasteiger charge is -2.30. The monoisotopic (exact) mass is 565 g/mol. The molecule has 1 heterocycles. The SMILES string of the molecule is CSc1ccc(Oc2ccc(S(N)(=O)=O)cc2CN(C)C(=O)C2C[C@@H](O)CN2C(=O)OC(C)(C)C)cc1C. The highest BCUT2D eigenvalue weighted by atomic mass is 32.2. The van der Waals surface area contributed by atoms with Gasteiger partial charge in [0.1, 0.15) is 23.1 Å². The van der Waals surface area contributed by atoms with E-state index in [1.54, 1.807) is 32.5 Å². The number of ether oxygens (including phenoxy) is 2. The summed E-state index contributed by atoms with van der Waals surface area (Å²) in [5.74, 6) is 0.470. The van der Waals surface area contributed by atoms with Crippen LogP contribution in [0.2, 0.25) is 0 Å². The first-order valence-electron chi connectivity index (χ1n) is 12.0. The number of carbonyl (C=O) groups excluding carboxylic acids is 2. The molecule has 0 aromatic heterocycles. The van der Waals surface area contributed by atoms with Gasteiger partial charge in [-0.2, -0.15) is 0 Å². The smallest absolute Gasteiger partial charge is 0.411 e. The first-order chi connectivity index (χ1) is 17.6. The Kier molecular flexibility index (Phi) is 9.02. The second-order valence-electron chi connectivity index (χ2n) is 10.3. The Morgan fingerprint density at radius 2 is 1.89 bits per heavy atom. The normalized spacial score (nSPS) is 17.8. The molecule has 2 atom stereocenters. The minimum atomic E-state index is -4.01. The molecule has 3 N–H and O–H groups in total. The molecule has 0 bridgehead atoms. The number of likely N-dealkylation sites (tertiary alicyclic amines) is 1. The number of primary sulfonamides is 1. The first-order valence-corrected chi connectivity index (χ1v) is 14.8. The lowest BCUT2D eigenvalue weighted by molar-refractivity contribution is -0.135. The average Bonchev–Trinajstić information content (AvgIpc) is 3.20. The van der Waals surface area contributed by atoms with Gasteiger partial charge in [-0.1, -0.05) is 0 Å². The number of hydrogen-bond acceptors (Lipinski definition) is 8. The van der Waals surface area contributed by atoms with Crippen LogP contribution in [-0.2, 0) is 26.1 Å². The van der Waals surface area contributed by atoms with Crippen LogP contribution in [0.15, 0.2) is 46.2 Å². The number of nitrogens with two attached hydrogens (primary N) is 1. The third-order valence-corrected chi connectivity index (χ3v) is 7.74. The van der Waals surface area contributed by atoms with Crippen LogP contribution in [0.3, 0.4) is 0 Å². The number of carbonyl (C=O) groups is 2. The van der Waals surface area contributed by atoms with Crippen LogP contribution in [-0.4, -0.2) is 72.9 Å². The maximum absolute atomic E-state index is 13.4. The van der Waals surface area contributed by atoms with Gasteiger partial charge in [-0.15, -0.1) is 11.8 Å². The minimum absolute atomic E-state index is 0.0280. The molecule has 1 fully saturated rings. The van der Waals surface area contributed by atoms with Crippen LogP contribution in [0.1, 0.15) is 38.3 Å². The van der Waals surface area contributed by atoms with Crippen LogP contribution in [0.4, 0.5) is 4.79 Å². The molecule has 10 nitrogen and oxygen atoms in total. The largest absolute Gasteiger partial charge is 0.457 e. The predicted octanol–water partition coefficient (Wildman–Crippen LogP) is 3.49. The van der Waals surface area contributed by atoms with Crippen molar-refractivity contribution in [1.29, 1.82) is 0 Å². The molecule has 0 saturated carbocycles. The van der Waals surface area contributed by atoms with E-state index < -0.39 is 39.8 Å². The van der Waals surface area contributed by atoms with Crippen molar-refractivity contribution in [3.05, 3.63) is 47.5 Å². The molecular weight excluding hydrogens is 530 g/mol. The summed E-state index contributed by atoms with van der Waals surface area (Å²) in [5.41, 5.74) is 0.657. The third kappa shape index (κ3) is 7.40. The van der Waals surface area contributed by atoms with E-state index in [1.165, 1.54) is 35.0 Å². The lowest BCUT2D eigenvalue weighted by Crippen LogP contribution is -2.47. The van der Waals surface area contributed by atoms with Crippen LogP contribution < -0.4 is 9.88 Å². The van der Waals surface area contributed by atoms with Gasteiger partial charge in [0, 0.05) is 30.5 Å². The standard InChI is InChI=1S/C26H35N3O7S2/c1-16-11-19(7-10-23(16)37-6)35-22-9-8-20(38(27,33)34)12-17(22)14-28(5)24(31)21-13-18(30)15-29(21)25(32)36-26(2,3)4/h7-12,18,21,30H,13-15H2,1-6H3,(H2,27,33,34)/t18-,21?/m1/s1. The van der Waals surface area contributed by atoms with E-state index in [4.69, 9.17) is 14.6 Å². The maximum atomic E-state index is 13.4. The van der Waals surface area contributed by atoms with Crippen LogP contribution in [0.25, 0.3) is 0 Å². The van der Waals surface area contributed by atoms with E-state index in [9.17, 15) is 23.1 Å². The molecule has 2 aromatic carbocycles. The fourth-order valence-corrected chi connectivity index (χ4v) is 5.30. The van der Waals surface area contributed by atoms with Gasteiger partial charge < -0.3 is 19.5 Å². The summed E-state index contributed by atoms with van der Waals surface area (Å²) in [7, 11) is -2.48. The van der Waals surface area contributed by atoms with E-state index in [2.05, 4.69) is 0 Å². The second-order valence-corrected chi connectivity index (χ2v) is 12.7. The van der Waals surface area contributed by atoms with Crippen molar-refractivity contribution >= 4 is 33.8 Å². The Hall–Kier alpha value is -2.80. The lowest BCUT2D eigenvalue weighted by atomic mass is 10.1. The van der Waals surface area contributed by atoms with Gasteiger partial charge >= 0.3 is 6.09 Å². The number of nitrogens with zero attached hydrogens (tertiary/aromatic N) is 2. The number of amides is 2. The number of aryl methyl sites for hydroxylation is 1. The van der Waals surface area contributed by atoms with Gasteiger partial charge in [-0.25, -0.2) is 18.4 Å². The van der Waals surface area contributed by atoms with E-state index in [-0.39, 0.29) is 24.4 Å². The van der Waals surface area contributed by atoms with Gasteiger partial charge in [0.25, 0.3) is 0 Å². The van der Waals surface area contributed by atoms with Gasteiger partial charge in [0.05, 0.1) is 17.5 Å². The van der Waals surface area contributed by atoms with Crippen LogP contribution >= 0.6 is 11.8 Å². The maximum Gasteiger partial charge on any atom is 0.411 e. The molecule has 1 unspecified atom stereocenters. The number of β-amino-alcohol motifs (C(OH)–C–C–N with tert-alkyl or cyclic N) is 1. The molecule has 3 rings (SSSR count). The first kappa shape index (κ1) is 29.8. The third-order valence-electron chi connectivity index (χ3n) is 5.93. The molecule has 12 heteroatoms. The highest BCUT2D eigenvalue weighted by molar-refractivity contribution is 7.98. The molecule has 0 spiro atoms. The molecular formula is C26H35N3O7S2. The molecule has 2 aromatic rings. The number of likely N-dealkylation sites (N-methyl/N-ethyl adjacent to an activating group) is 1. The number of thioether (sulfide) groups is 1. The summed E-state index contributed by atoms with van der Waals surface area (Å²) in [6.45, 7) is 7.06.